The maximum Gasteiger partial charge on any atom is 0.339 e. The Bertz CT molecular complexity index is 637. The highest BCUT2D eigenvalue weighted by Gasteiger charge is 2.50. The standard InChI is InChI=1S/C10H4Cl4FN3OS2/c11-10(12,13)18-8(20)7(16-21-14)17(9(18)19)6-4-2-1-3-5(6)15/h1-4H. The largest absolute Gasteiger partial charge is 0.339 e. The van der Waals surface area contributed by atoms with Gasteiger partial charge in [0.25, 0.3) is 3.92 Å². The predicted octanol–water partition coefficient (Wildman–Crippen LogP) is 4.92. The lowest BCUT2D eigenvalue weighted by molar-refractivity contribution is 0.233. The normalized spacial score (nSPS) is 18.0. The van der Waals surface area contributed by atoms with Crippen LogP contribution in [-0.4, -0.2) is 25.7 Å². The summed E-state index contributed by atoms with van der Waals surface area (Å²) in [4.78, 5) is 13.8. The van der Waals surface area contributed by atoms with E-state index in [1.165, 1.54) is 24.3 Å². The molecule has 0 bridgehead atoms. The molecule has 0 saturated carbocycles. The second kappa shape index (κ2) is 6.44. The molecule has 1 aliphatic heterocycles. The summed E-state index contributed by atoms with van der Waals surface area (Å²) in [7, 11) is 5.47. The topological polar surface area (TPSA) is 35.9 Å². The van der Waals surface area contributed by atoms with Crippen molar-refractivity contribution < 1.29 is 9.18 Å². The third-order valence-electron chi connectivity index (χ3n) is 2.46. The maximum atomic E-state index is 13.9. The number of carbonyl (C=O) groups excluding carboxylic acids is 1. The molecule has 0 unspecified atom stereocenters. The van der Waals surface area contributed by atoms with Gasteiger partial charge < -0.3 is 0 Å². The van der Waals surface area contributed by atoms with Crippen LogP contribution in [0, 0.1) is 5.82 Å². The number of hydrogen-bond acceptors (Lipinski definition) is 4. The van der Waals surface area contributed by atoms with E-state index in [2.05, 4.69) is 4.40 Å². The number of thiocarbonyl (C=S) groups is 1. The zero-order valence-corrected chi connectivity index (χ0v) is 14.4. The van der Waals surface area contributed by atoms with Gasteiger partial charge in [0.1, 0.15) is 5.82 Å². The van der Waals surface area contributed by atoms with Crippen LogP contribution in [0.4, 0.5) is 14.9 Å². The fourth-order valence-corrected chi connectivity index (χ4v) is 3.12. The molecule has 21 heavy (non-hydrogen) atoms. The number of alkyl halides is 3. The molecule has 0 atom stereocenters. The molecule has 1 heterocycles. The third kappa shape index (κ3) is 3.23. The van der Waals surface area contributed by atoms with E-state index >= 15 is 0 Å². The van der Waals surface area contributed by atoms with Gasteiger partial charge in [-0.1, -0.05) is 59.2 Å². The Balaban J connectivity index is 2.59. The van der Waals surface area contributed by atoms with Crippen LogP contribution in [0.25, 0.3) is 0 Å². The van der Waals surface area contributed by atoms with Gasteiger partial charge in [-0.3, -0.25) is 0 Å². The molecule has 11 heteroatoms. The number of amides is 2. The smallest absolute Gasteiger partial charge is 0.247 e. The van der Waals surface area contributed by atoms with Gasteiger partial charge in [0.05, 0.1) is 16.8 Å². The molecular weight excluding hydrogens is 403 g/mol. The molecule has 1 aromatic carbocycles. The van der Waals surface area contributed by atoms with Crippen molar-refractivity contribution in [2.24, 2.45) is 4.40 Å². The number of halogens is 5. The summed E-state index contributed by atoms with van der Waals surface area (Å²) in [5.74, 6) is -0.751. The van der Waals surface area contributed by atoms with E-state index in [0.29, 0.717) is 16.1 Å². The summed E-state index contributed by atoms with van der Waals surface area (Å²) in [6.45, 7) is 0. The van der Waals surface area contributed by atoms with Crippen LogP contribution in [0.15, 0.2) is 28.7 Å². The third-order valence-corrected chi connectivity index (χ3v) is 3.78. The van der Waals surface area contributed by atoms with Crippen molar-refractivity contribution in [1.82, 2.24) is 4.90 Å². The molecule has 1 aliphatic rings. The summed E-state index contributed by atoms with van der Waals surface area (Å²) in [5.41, 5.74) is -0.0777. The molecule has 1 aromatic rings. The average molecular weight is 407 g/mol. The zero-order chi connectivity index (χ0) is 15.8. The van der Waals surface area contributed by atoms with Crippen LogP contribution < -0.4 is 4.90 Å². The van der Waals surface area contributed by atoms with Gasteiger partial charge in [0, 0.05) is 0 Å². The number of anilines is 1. The number of urea groups is 1. The molecule has 112 valence electrons. The van der Waals surface area contributed by atoms with Crippen molar-refractivity contribution in [3.05, 3.63) is 30.1 Å². The number of amidine groups is 1. The molecule has 2 rings (SSSR count). The van der Waals surface area contributed by atoms with E-state index in [9.17, 15) is 9.18 Å². The van der Waals surface area contributed by atoms with Crippen LogP contribution in [0.5, 0.6) is 0 Å². The fraction of sp³-hybridized carbons (Fsp3) is 0.100. The SMILES string of the molecule is O=C1N(c2ccccc2F)C(=NSCl)C(=S)N1C(Cl)(Cl)Cl. The Labute approximate surface area is 148 Å². The number of rotatable bonds is 2. The molecule has 0 spiro atoms. The number of hydrogen-bond donors (Lipinski definition) is 0. The Morgan fingerprint density at radius 2 is 1.90 bits per heavy atom. The zero-order valence-electron chi connectivity index (χ0n) is 9.77. The van der Waals surface area contributed by atoms with Crippen molar-refractivity contribution in [3.63, 3.8) is 0 Å². The quantitative estimate of drug-likeness (QED) is 0.302. The van der Waals surface area contributed by atoms with E-state index < -0.39 is 15.8 Å². The maximum absolute atomic E-state index is 13.9. The summed E-state index contributed by atoms with van der Waals surface area (Å²) < 4.78 is 15.6. The molecule has 0 aliphatic carbocycles. The highest BCUT2D eigenvalue weighted by atomic mass is 35.7. The Morgan fingerprint density at radius 3 is 2.43 bits per heavy atom. The highest BCUT2D eigenvalue weighted by Crippen LogP contribution is 2.38. The minimum Gasteiger partial charge on any atom is -0.247 e. The lowest BCUT2D eigenvalue weighted by Crippen LogP contribution is -2.41. The highest BCUT2D eigenvalue weighted by molar-refractivity contribution is 8.20. The van der Waals surface area contributed by atoms with Crippen LogP contribution in [0.3, 0.4) is 0 Å². The predicted molar refractivity (Wildman–Crippen MR) is 89.9 cm³/mol. The summed E-state index contributed by atoms with van der Waals surface area (Å²) in [5, 5.41) is 0. The van der Waals surface area contributed by atoms with Gasteiger partial charge in [-0.15, -0.1) is 0 Å². The van der Waals surface area contributed by atoms with E-state index in [0.717, 1.165) is 4.90 Å². The first-order chi connectivity index (χ1) is 9.79. The first-order valence-electron chi connectivity index (χ1n) is 5.14. The van der Waals surface area contributed by atoms with Gasteiger partial charge in [-0.25, -0.2) is 19.0 Å². The molecule has 4 nitrogen and oxygen atoms in total. The second-order valence-corrected chi connectivity index (χ2v) is 7.00. The van der Waals surface area contributed by atoms with Gasteiger partial charge in [-0.2, -0.15) is 4.40 Å². The van der Waals surface area contributed by atoms with Crippen LogP contribution in [0.1, 0.15) is 0 Å². The van der Waals surface area contributed by atoms with E-state index in [-0.39, 0.29) is 16.5 Å². The van der Waals surface area contributed by atoms with Crippen molar-refractivity contribution in [2.45, 2.75) is 3.92 Å². The number of para-hydroxylation sites is 1. The van der Waals surface area contributed by atoms with Gasteiger partial charge in [-0.05, 0) is 22.8 Å². The molecule has 0 radical (unpaired) electrons. The van der Waals surface area contributed by atoms with E-state index in [1.54, 1.807) is 0 Å². The van der Waals surface area contributed by atoms with Crippen molar-refractivity contribution in [3.8, 4) is 0 Å². The lowest BCUT2D eigenvalue weighted by atomic mass is 10.3. The molecule has 2 amide bonds. The Kier molecular flexibility index (Phi) is 5.23. The van der Waals surface area contributed by atoms with E-state index in [4.69, 9.17) is 57.7 Å². The summed E-state index contributed by atoms with van der Waals surface area (Å²) >= 11 is 22.7. The number of carbonyl (C=O) groups is 1. The van der Waals surface area contributed by atoms with Crippen LogP contribution >= 0.6 is 68.9 Å². The molecule has 0 N–H and O–H groups in total. The monoisotopic (exact) mass is 405 g/mol. The lowest BCUT2D eigenvalue weighted by Gasteiger charge is -2.23. The van der Waals surface area contributed by atoms with E-state index in [1.807, 2.05) is 0 Å². The molecular formula is C10H4Cl4FN3OS2. The van der Waals surface area contributed by atoms with Crippen molar-refractivity contribution in [2.75, 3.05) is 4.90 Å². The molecule has 1 fully saturated rings. The first kappa shape index (κ1) is 17.1. The second-order valence-electron chi connectivity index (χ2n) is 3.66. The van der Waals surface area contributed by atoms with Crippen LogP contribution in [0.2, 0.25) is 0 Å². The number of nitrogens with zero attached hydrogens (tertiary/aromatic N) is 3. The van der Waals surface area contributed by atoms with Crippen LogP contribution in [-0.2, 0) is 0 Å². The minimum atomic E-state index is -2.13. The Hall–Kier alpha value is -0.310. The fourth-order valence-electron chi connectivity index (χ4n) is 1.66. The Morgan fingerprint density at radius 1 is 1.29 bits per heavy atom. The van der Waals surface area contributed by atoms with Gasteiger partial charge in [0.15, 0.2) is 10.8 Å². The summed E-state index contributed by atoms with van der Waals surface area (Å²) in [6, 6.07) is 4.71. The van der Waals surface area contributed by atoms with Crippen molar-refractivity contribution in [1.29, 1.82) is 0 Å². The average Bonchev–Trinajstić information content (AvgIpc) is 2.62. The van der Waals surface area contributed by atoms with Gasteiger partial charge in [0.2, 0.25) is 0 Å². The van der Waals surface area contributed by atoms with Crippen molar-refractivity contribution >= 4 is 91.4 Å². The van der Waals surface area contributed by atoms with Gasteiger partial charge >= 0.3 is 6.03 Å². The minimum absolute atomic E-state index is 0.0777. The molecule has 0 aromatic heterocycles. The number of benzene rings is 1. The first-order valence-corrected chi connectivity index (χ1v) is 8.29. The molecule has 1 saturated heterocycles. The summed E-state index contributed by atoms with van der Waals surface area (Å²) in [6.07, 6.45) is 0.